The molecule has 1 saturated carbocycles. The van der Waals surface area contributed by atoms with Crippen molar-refractivity contribution < 1.29 is 14.6 Å². The van der Waals surface area contributed by atoms with Crippen molar-refractivity contribution in [2.45, 2.75) is 24.4 Å². The Labute approximate surface area is 96.6 Å². The van der Waals surface area contributed by atoms with Crippen molar-refractivity contribution >= 4 is 28.9 Å². The molecule has 0 amide bonds. The topological polar surface area (TPSA) is 46.5 Å². The Hall–Kier alpha value is -0.580. The van der Waals surface area contributed by atoms with Crippen molar-refractivity contribution in [2.75, 3.05) is 7.11 Å². The molecule has 0 aliphatic heterocycles. The zero-order chi connectivity index (χ0) is 11.1. The van der Waals surface area contributed by atoms with E-state index in [1.165, 1.54) is 18.4 Å². The maximum absolute atomic E-state index is 11.3. The van der Waals surface area contributed by atoms with E-state index in [-0.39, 0.29) is 0 Å². The maximum atomic E-state index is 11.3. The SMILES string of the molecule is COC(=O)C(O)C1(c2cc(Cl)cs2)CC1. The van der Waals surface area contributed by atoms with Crippen molar-refractivity contribution in [3.05, 3.63) is 21.3 Å². The third-order valence-electron chi connectivity index (χ3n) is 2.79. The number of aliphatic hydroxyl groups is 1. The van der Waals surface area contributed by atoms with Gasteiger partial charge >= 0.3 is 5.97 Å². The van der Waals surface area contributed by atoms with Gasteiger partial charge < -0.3 is 9.84 Å². The van der Waals surface area contributed by atoms with E-state index >= 15 is 0 Å². The van der Waals surface area contributed by atoms with Crippen LogP contribution in [0.1, 0.15) is 17.7 Å². The third-order valence-corrected chi connectivity index (χ3v) is 4.29. The molecule has 1 N–H and O–H groups in total. The Morgan fingerprint density at radius 2 is 2.40 bits per heavy atom. The molecule has 82 valence electrons. The molecular formula is C10H11ClO3S. The molecule has 1 unspecified atom stereocenters. The van der Waals surface area contributed by atoms with Crippen molar-refractivity contribution in [1.29, 1.82) is 0 Å². The number of halogens is 1. The first-order valence-corrected chi connectivity index (χ1v) is 5.86. The smallest absolute Gasteiger partial charge is 0.335 e. The van der Waals surface area contributed by atoms with Crippen molar-refractivity contribution in [3.63, 3.8) is 0 Å². The molecule has 1 aromatic rings. The lowest BCUT2D eigenvalue weighted by Crippen LogP contribution is -2.34. The molecule has 2 rings (SSSR count). The number of hydrogen-bond acceptors (Lipinski definition) is 4. The zero-order valence-corrected chi connectivity index (χ0v) is 9.77. The summed E-state index contributed by atoms with van der Waals surface area (Å²) in [5, 5.41) is 12.3. The number of hydrogen-bond donors (Lipinski definition) is 1. The number of ether oxygens (including phenoxy) is 1. The van der Waals surface area contributed by atoms with Gasteiger partial charge in [0, 0.05) is 15.7 Å². The second-order valence-electron chi connectivity index (χ2n) is 3.71. The Bertz CT molecular complexity index is 384. The summed E-state index contributed by atoms with van der Waals surface area (Å²) in [6.07, 6.45) is 0.539. The van der Waals surface area contributed by atoms with Gasteiger partial charge in [0.15, 0.2) is 6.10 Å². The van der Waals surface area contributed by atoms with Crippen molar-refractivity contribution in [3.8, 4) is 0 Å². The van der Waals surface area contributed by atoms with E-state index in [4.69, 9.17) is 11.6 Å². The normalized spacial score (nSPS) is 19.7. The van der Waals surface area contributed by atoms with Crippen LogP contribution in [0.25, 0.3) is 0 Å². The molecule has 1 aromatic heterocycles. The quantitative estimate of drug-likeness (QED) is 0.830. The lowest BCUT2D eigenvalue weighted by molar-refractivity contribution is -0.152. The van der Waals surface area contributed by atoms with Gasteiger partial charge in [0.25, 0.3) is 0 Å². The summed E-state index contributed by atoms with van der Waals surface area (Å²) in [6.45, 7) is 0. The van der Waals surface area contributed by atoms with Gasteiger partial charge in [-0.2, -0.15) is 0 Å². The molecule has 0 aromatic carbocycles. The molecule has 0 radical (unpaired) electrons. The minimum Gasteiger partial charge on any atom is -0.467 e. The Kier molecular flexibility index (Phi) is 2.75. The van der Waals surface area contributed by atoms with E-state index < -0.39 is 17.5 Å². The first-order valence-electron chi connectivity index (χ1n) is 4.60. The summed E-state index contributed by atoms with van der Waals surface area (Å²) in [6, 6.07) is 1.81. The highest BCUT2D eigenvalue weighted by atomic mass is 35.5. The molecule has 5 heteroatoms. The van der Waals surface area contributed by atoms with Gasteiger partial charge in [0.1, 0.15) is 0 Å². The summed E-state index contributed by atoms with van der Waals surface area (Å²) in [7, 11) is 1.28. The van der Waals surface area contributed by atoms with Gasteiger partial charge in [-0.25, -0.2) is 4.79 Å². The number of aliphatic hydroxyl groups excluding tert-OH is 1. The second-order valence-corrected chi connectivity index (χ2v) is 5.06. The number of rotatable bonds is 3. The summed E-state index contributed by atoms with van der Waals surface area (Å²) in [5.74, 6) is -0.572. The van der Waals surface area contributed by atoms with Crippen molar-refractivity contribution in [1.82, 2.24) is 0 Å². The van der Waals surface area contributed by atoms with Crippen LogP contribution in [-0.2, 0) is 14.9 Å². The highest BCUT2D eigenvalue weighted by Gasteiger charge is 2.54. The van der Waals surface area contributed by atoms with E-state index in [1.807, 2.05) is 6.07 Å². The fraction of sp³-hybridized carbons (Fsp3) is 0.500. The van der Waals surface area contributed by atoms with Gasteiger partial charge in [0.2, 0.25) is 0 Å². The standard InChI is InChI=1S/C10H11ClO3S/c1-14-9(13)8(12)10(2-3-10)7-4-6(11)5-15-7/h4-5,8,12H,2-3H2,1H3. The lowest BCUT2D eigenvalue weighted by atomic mass is 9.97. The van der Waals surface area contributed by atoms with Crippen LogP contribution in [0.4, 0.5) is 0 Å². The molecule has 15 heavy (non-hydrogen) atoms. The van der Waals surface area contributed by atoms with Crippen molar-refractivity contribution in [2.24, 2.45) is 0 Å². The average Bonchev–Trinajstić information content (AvgIpc) is 2.94. The van der Waals surface area contributed by atoms with Crippen LogP contribution in [0.15, 0.2) is 11.4 Å². The van der Waals surface area contributed by atoms with E-state index in [9.17, 15) is 9.90 Å². The number of methoxy groups -OCH3 is 1. The molecule has 0 bridgehead atoms. The minimum atomic E-state index is -1.07. The summed E-state index contributed by atoms with van der Waals surface area (Å²) in [5.41, 5.74) is -0.440. The molecule has 1 aliphatic carbocycles. The highest BCUT2D eigenvalue weighted by molar-refractivity contribution is 7.10. The Morgan fingerprint density at radius 1 is 1.73 bits per heavy atom. The van der Waals surface area contributed by atoms with Crippen LogP contribution >= 0.6 is 22.9 Å². The van der Waals surface area contributed by atoms with Crippen LogP contribution < -0.4 is 0 Å². The largest absolute Gasteiger partial charge is 0.467 e. The predicted octanol–water partition coefficient (Wildman–Crippen LogP) is 1.97. The Morgan fingerprint density at radius 3 is 2.80 bits per heavy atom. The first kappa shape index (κ1) is 10.9. The number of carbonyl (C=O) groups is 1. The van der Waals surface area contributed by atoms with Gasteiger partial charge in [0.05, 0.1) is 12.1 Å². The summed E-state index contributed by atoms with van der Waals surface area (Å²) in [4.78, 5) is 12.2. The molecule has 0 saturated heterocycles. The van der Waals surface area contributed by atoms with Crippen LogP contribution in [0.3, 0.4) is 0 Å². The van der Waals surface area contributed by atoms with Gasteiger partial charge in [-0.3, -0.25) is 0 Å². The van der Waals surface area contributed by atoms with E-state index in [0.717, 1.165) is 17.7 Å². The van der Waals surface area contributed by atoms with E-state index in [2.05, 4.69) is 4.74 Å². The third kappa shape index (κ3) is 1.77. The molecule has 1 aliphatic rings. The van der Waals surface area contributed by atoms with Crippen LogP contribution in [-0.4, -0.2) is 24.3 Å². The minimum absolute atomic E-state index is 0.440. The molecular weight excluding hydrogens is 236 g/mol. The summed E-state index contributed by atoms with van der Waals surface area (Å²) >= 11 is 7.30. The first-order chi connectivity index (χ1) is 7.10. The second kappa shape index (κ2) is 3.77. The molecule has 0 spiro atoms. The number of carbonyl (C=O) groups excluding carboxylic acids is 1. The van der Waals surface area contributed by atoms with Gasteiger partial charge in [-0.1, -0.05) is 11.6 Å². The fourth-order valence-electron chi connectivity index (χ4n) is 1.70. The Balaban J connectivity index is 2.24. The predicted molar refractivity (Wildman–Crippen MR) is 58.3 cm³/mol. The molecule has 1 fully saturated rings. The van der Waals surface area contributed by atoms with Crippen LogP contribution in [0.2, 0.25) is 5.02 Å². The van der Waals surface area contributed by atoms with Gasteiger partial charge in [-0.05, 0) is 18.9 Å². The number of thiophene rings is 1. The fourth-order valence-corrected chi connectivity index (χ4v) is 3.06. The van der Waals surface area contributed by atoms with E-state index in [0.29, 0.717) is 5.02 Å². The van der Waals surface area contributed by atoms with Crippen LogP contribution in [0, 0.1) is 0 Å². The van der Waals surface area contributed by atoms with Crippen LogP contribution in [0.5, 0.6) is 0 Å². The molecule has 3 nitrogen and oxygen atoms in total. The summed E-state index contributed by atoms with van der Waals surface area (Å²) < 4.78 is 4.55. The number of esters is 1. The molecule has 1 heterocycles. The average molecular weight is 247 g/mol. The lowest BCUT2D eigenvalue weighted by Gasteiger charge is -2.18. The maximum Gasteiger partial charge on any atom is 0.335 e. The molecule has 1 atom stereocenters. The monoisotopic (exact) mass is 246 g/mol. The van der Waals surface area contributed by atoms with E-state index in [1.54, 1.807) is 5.38 Å². The van der Waals surface area contributed by atoms with Gasteiger partial charge in [-0.15, -0.1) is 11.3 Å². The zero-order valence-electron chi connectivity index (χ0n) is 8.20. The highest BCUT2D eigenvalue weighted by Crippen LogP contribution is 2.53.